The first kappa shape index (κ1) is 9.27. The van der Waals surface area contributed by atoms with Crippen LogP contribution in [0.4, 0.5) is 5.82 Å². The predicted molar refractivity (Wildman–Crippen MR) is 51.7 cm³/mol. The Kier molecular flexibility index (Phi) is 3.04. The number of carbonyl (C=O) groups is 1. The summed E-state index contributed by atoms with van der Waals surface area (Å²) in [7, 11) is 1.85. The van der Waals surface area contributed by atoms with Gasteiger partial charge in [0.25, 0.3) is 0 Å². The molecule has 0 atom stereocenters. The lowest BCUT2D eigenvalue weighted by molar-refractivity contribution is 0.112. The second-order valence-corrected chi connectivity index (χ2v) is 2.63. The Bertz CT molecular complexity index is 324. The molecule has 0 aromatic carbocycles. The molecule has 0 fully saturated rings. The average Bonchev–Trinajstić information content (AvgIpc) is 2.18. The number of aromatic nitrogens is 1. The molecular formula is C10H10N2O. The number of nitrogens with zero attached hydrogens (tertiary/aromatic N) is 2. The van der Waals surface area contributed by atoms with Crippen molar-refractivity contribution in [1.82, 2.24) is 4.98 Å². The van der Waals surface area contributed by atoms with Crippen LogP contribution in [0.25, 0.3) is 0 Å². The van der Waals surface area contributed by atoms with Gasteiger partial charge in [-0.1, -0.05) is 5.92 Å². The van der Waals surface area contributed by atoms with Crippen molar-refractivity contribution >= 4 is 12.1 Å². The zero-order valence-corrected chi connectivity index (χ0v) is 7.40. The van der Waals surface area contributed by atoms with Gasteiger partial charge in [-0.15, -0.1) is 6.42 Å². The van der Waals surface area contributed by atoms with E-state index in [-0.39, 0.29) is 0 Å². The Hall–Kier alpha value is -1.82. The summed E-state index contributed by atoms with van der Waals surface area (Å²) in [6.45, 7) is 0.507. The first-order chi connectivity index (χ1) is 6.27. The molecule has 3 nitrogen and oxygen atoms in total. The summed E-state index contributed by atoms with van der Waals surface area (Å²) in [5.41, 5.74) is 0.567. The first-order valence-corrected chi connectivity index (χ1v) is 3.83. The Labute approximate surface area is 77.4 Å². The Morgan fingerprint density at radius 3 is 2.92 bits per heavy atom. The van der Waals surface area contributed by atoms with Crippen LogP contribution in [-0.4, -0.2) is 24.9 Å². The number of hydrogen-bond acceptors (Lipinski definition) is 3. The molecule has 66 valence electrons. The van der Waals surface area contributed by atoms with Crippen LogP contribution in [0.5, 0.6) is 0 Å². The molecule has 1 heterocycles. The van der Waals surface area contributed by atoms with Crippen molar-refractivity contribution in [3.63, 3.8) is 0 Å². The number of hydrogen-bond donors (Lipinski definition) is 0. The second kappa shape index (κ2) is 4.27. The summed E-state index contributed by atoms with van der Waals surface area (Å²) < 4.78 is 0. The number of carbonyl (C=O) groups excluding carboxylic acids is 1. The van der Waals surface area contributed by atoms with Gasteiger partial charge in [-0.3, -0.25) is 4.79 Å². The summed E-state index contributed by atoms with van der Waals surface area (Å²) in [5, 5.41) is 0. The maximum absolute atomic E-state index is 10.3. The number of anilines is 1. The van der Waals surface area contributed by atoms with Crippen LogP contribution in [-0.2, 0) is 0 Å². The number of pyridine rings is 1. The standard InChI is InChI=1S/C10H10N2O/c1-3-6-12(2)10-5-4-9(8-13)7-11-10/h1,4-5,7-8H,6H2,2H3. The molecule has 1 aromatic heterocycles. The van der Waals surface area contributed by atoms with Crippen LogP contribution in [0.3, 0.4) is 0 Å². The molecule has 0 aliphatic rings. The minimum absolute atomic E-state index is 0.507. The molecule has 0 saturated heterocycles. The van der Waals surface area contributed by atoms with Crippen LogP contribution in [0.1, 0.15) is 10.4 Å². The van der Waals surface area contributed by atoms with E-state index in [0.29, 0.717) is 12.1 Å². The van der Waals surface area contributed by atoms with Crippen molar-refractivity contribution in [3.8, 4) is 12.3 Å². The van der Waals surface area contributed by atoms with E-state index < -0.39 is 0 Å². The molecule has 0 radical (unpaired) electrons. The highest BCUT2D eigenvalue weighted by molar-refractivity contribution is 5.74. The molecule has 3 heteroatoms. The van der Waals surface area contributed by atoms with Crippen LogP contribution < -0.4 is 4.90 Å². The summed E-state index contributed by atoms with van der Waals surface area (Å²) in [6.07, 6.45) is 7.43. The van der Waals surface area contributed by atoms with Crippen LogP contribution in [0, 0.1) is 12.3 Å². The van der Waals surface area contributed by atoms with Gasteiger partial charge in [0.1, 0.15) is 5.82 Å². The number of terminal acetylenes is 1. The van der Waals surface area contributed by atoms with Crippen LogP contribution in [0.15, 0.2) is 18.3 Å². The smallest absolute Gasteiger partial charge is 0.151 e. The van der Waals surface area contributed by atoms with Gasteiger partial charge in [-0.25, -0.2) is 4.98 Å². The fourth-order valence-electron chi connectivity index (χ4n) is 0.911. The van der Waals surface area contributed by atoms with Crippen LogP contribution in [0.2, 0.25) is 0 Å². The van der Waals surface area contributed by atoms with E-state index in [9.17, 15) is 4.79 Å². The zero-order chi connectivity index (χ0) is 9.68. The van der Waals surface area contributed by atoms with Gasteiger partial charge in [-0.2, -0.15) is 0 Å². The SMILES string of the molecule is C#CCN(C)c1ccc(C=O)cn1. The number of aldehydes is 1. The summed E-state index contributed by atoms with van der Waals surface area (Å²) >= 11 is 0. The lowest BCUT2D eigenvalue weighted by Crippen LogP contribution is -2.18. The molecule has 1 rings (SSSR count). The largest absolute Gasteiger partial charge is 0.349 e. The highest BCUT2D eigenvalue weighted by atomic mass is 16.1. The van der Waals surface area contributed by atoms with E-state index in [1.807, 2.05) is 11.9 Å². The third kappa shape index (κ3) is 2.31. The second-order valence-electron chi connectivity index (χ2n) is 2.63. The van der Waals surface area contributed by atoms with Crippen molar-refractivity contribution < 1.29 is 4.79 Å². The monoisotopic (exact) mass is 174 g/mol. The molecule has 0 unspecified atom stereocenters. The van der Waals surface area contributed by atoms with E-state index in [1.54, 1.807) is 12.1 Å². The van der Waals surface area contributed by atoms with Gasteiger partial charge in [0, 0.05) is 18.8 Å². The maximum Gasteiger partial charge on any atom is 0.151 e. The fourth-order valence-corrected chi connectivity index (χ4v) is 0.911. The molecule has 0 aliphatic carbocycles. The lowest BCUT2D eigenvalue weighted by atomic mass is 10.3. The van der Waals surface area contributed by atoms with Gasteiger partial charge >= 0.3 is 0 Å². The van der Waals surface area contributed by atoms with Crippen molar-refractivity contribution in [3.05, 3.63) is 23.9 Å². The summed E-state index contributed by atoms with van der Waals surface area (Å²) in [5.74, 6) is 3.28. The van der Waals surface area contributed by atoms with Crippen molar-refractivity contribution in [2.24, 2.45) is 0 Å². The van der Waals surface area contributed by atoms with Gasteiger partial charge in [-0.05, 0) is 12.1 Å². The molecule has 0 N–H and O–H groups in total. The highest BCUT2D eigenvalue weighted by Crippen LogP contribution is 2.07. The van der Waals surface area contributed by atoms with Gasteiger partial charge in [0.15, 0.2) is 6.29 Å². The quantitative estimate of drug-likeness (QED) is 0.505. The van der Waals surface area contributed by atoms with E-state index in [4.69, 9.17) is 6.42 Å². The van der Waals surface area contributed by atoms with Crippen molar-refractivity contribution in [2.75, 3.05) is 18.5 Å². The molecular weight excluding hydrogens is 164 g/mol. The topological polar surface area (TPSA) is 33.2 Å². The molecule has 13 heavy (non-hydrogen) atoms. The molecule has 0 amide bonds. The summed E-state index contributed by atoms with van der Waals surface area (Å²) in [6, 6.07) is 3.48. The predicted octanol–water partition coefficient (Wildman–Crippen LogP) is 0.964. The van der Waals surface area contributed by atoms with Gasteiger partial charge in [0.05, 0.1) is 6.54 Å². The molecule has 1 aromatic rings. The normalized spacial score (nSPS) is 8.92. The fraction of sp³-hybridized carbons (Fsp3) is 0.200. The minimum Gasteiger partial charge on any atom is -0.349 e. The maximum atomic E-state index is 10.3. The van der Waals surface area contributed by atoms with Gasteiger partial charge in [0.2, 0.25) is 0 Å². The Morgan fingerprint density at radius 2 is 2.46 bits per heavy atom. The first-order valence-electron chi connectivity index (χ1n) is 3.83. The lowest BCUT2D eigenvalue weighted by Gasteiger charge is -2.13. The third-order valence-corrected chi connectivity index (χ3v) is 1.63. The summed E-state index contributed by atoms with van der Waals surface area (Å²) in [4.78, 5) is 16.2. The van der Waals surface area contributed by atoms with E-state index in [1.165, 1.54) is 6.20 Å². The van der Waals surface area contributed by atoms with Crippen molar-refractivity contribution in [1.29, 1.82) is 0 Å². The molecule has 0 saturated carbocycles. The third-order valence-electron chi connectivity index (χ3n) is 1.63. The highest BCUT2D eigenvalue weighted by Gasteiger charge is 1.99. The number of rotatable bonds is 3. The van der Waals surface area contributed by atoms with E-state index in [0.717, 1.165) is 12.1 Å². The van der Waals surface area contributed by atoms with Gasteiger partial charge < -0.3 is 4.90 Å². The van der Waals surface area contributed by atoms with E-state index in [2.05, 4.69) is 10.9 Å². The average molecular weight is 174 g/mol. The van der Waals surface area contributed by atoms with Crippen LogP contribution >= 0.6 is 0 Å². The zero-order valence-electron chi connectivity index (χ0n) is 7.40. The minimum atomic E-state index is 0.507. The van der Waals surface area contributed by atoms with E-state index >= 15 is 0 Å². The molecule has 0 bridgehead atoms. The van der Waals surface area contributed by atoms with Crippen molar-refractivity contribution in [2.45, 2.75) is 0 Å². The molecule has 0 aliphatic heterocycles. The molecule has 0 spiro atoms. The Balaban J connectivity index is 2.80. The Morgan fingerprint density at radius 1 is 1.69 bits per heavy atom.